The van der Waals surface area contributed by atoms with E-state index in [-0.39, 0.29) is 69.3 Å². The summed E-state index contributed by atoms with van der Waals surface area (Å²) in [6, 6.07) is 5.81. The first-order valence-electron chi connectivity index (χ1n) is 13.9. The summed E-state index contributed by atoms with van der Waals surface area (Å²) < 4.78 is 90.0. The van der Waals surface area contributed by atoms with Gasteiger partial charge in [0.1, 0.15) is 11.4 Å². The van der Waals surface area contributed by atoms with Gasteiger partial charge < -0.3 is 15.0 Å². The number of nitrogens with one attached hydrogen (secondary N) is 1. The van der Waals surface area contributed by atoms with Gasteiger partial charge in [0.25, 0.3) is 5.91 Å². The Bertz CT molecular complexity index is 1720. The number of hydrogen-bond donors (Lipinski definition) is 1. The molecule has 2 amide bonds. The van der Waals surface area contributed by atoms with E-state index in [0.29, 0.717) is 0 Å². The van der Waals surface area contributed by atoms with E-state index in [2.05, 4.69) is 19.8 Å². The van der Waals surface area contributed by atoms with Crippen LogP contribution in [0.3, 0.4) is 0 Å². The van der Waals surface area contributed by atoms with E-state index in [4.69, 9.17) is 4.74 Å². The molecule has 3 heterocycles. The second-order valence-electron chi connectivity index (χ2n) is 11.7. The molecule has 1 N–H and O–H groups in total. The summed E-state index contributed by atoms with van der Waals surface area (Å²) in [6.07, 6.45) is -2.20. The molecule has 45 heavy (non-hydrogen) atoms. The number of rotatable bonds is 5. The van der Waals surface area contributed by atoms with Gasteiger partial charge in [-0.05, 0) is 57.9 Å². The predicted molar refractivity (Wildman–Crippen MR) is 158 cm³/mol. The van der Waals surface area contributed by atoms with Crippen LogP contribution in [0.2, 0.25) is 0 Å². The van der Waals surface area contributed by atoms with Gasteiger partial charge in [-0.25, -0.2) is 22.8 Å². The minimum absolute atomic E-state index is 0.0387. The number of carbonyl (C=O) groups excluding carboxylic acids is 2. The van der Waals surface area contributed by atoms with E-state index < -0.39 is 46.0 Å². The van der Waals surface area contributed by atoms with Crippen molar-refractivity contribution in [1.82, 2.24) is 14.8 Å². The lowest BCUT2D eigenvalue weighted by atomic mass is 9.99. The van der Waals surface area contributed by atoms with Gasteiger partial charge in [0.15, 0.2) is 0 Å². The fraction of sp³-hybridized carbons (Fsp3) is 0.448. The molecule has 1 atom stereocenters. The van der Waals surface area contributed by atoms with Crippen molar-refractivity contribution in [3.63, 3.8) is 0 Å². The van der Waals surface area contributed by atoms with E-state index in [0.717, 1.165) is 12.4 Å². The highest BCUT2D eigenvalue weighted by molar-refractivity contribution is 7.93. The molecule has 4 rings (SSSR count). The SMILES string of the molecule is Cc1c(-c2cnn(C(F)(F)F)c2)cnc(N2CCCC(F)(F)CC2)c1C(=O)Nc1cccc([S@@](C)(=O)=NC(=O)OC(C)(C)C)c1. The second-order valence-corrected chi connectivity index (χ2v) is 13.9. The Morgan fingerprint density at radius 2 is 1.82 bits per heavy atom. The molecule has 0 saturated carbocycles. The third-order valence-electron chi connectivity index (χ3n) is 6.89. The average molecular weight is 657 g/mol. The summed E-state index contributed by atoms with van der Waals surface area (Å²) in [4.78, 5) is 32.1. The van der Waals surface area contributed by atoms with Gasteiger partial charge in [-0.2, -0.15) is 9.78 Å². The zero-order chi connectivity index (χ0) is 33.4. The van der Waals surface area contributed by atoms with Crippen LogP contribution in [0.15, 0.2) is 52.1 Å². The van der Waals surface area contributed by atoms with Crippen molar-refractivity contribution in [2.75, 3.05) is 29.6 Å². The molecule has 0 bridgehead atoms. The highest BCUT2D eigenvalue weighted by Crippen LogP contribution is 2.35. The zero-order valence-electron chi connectivity index (χ0n) is 25.2. The molecule has 16 heteroatoms. The quantitative estimate of drug-likeness (QED) is 0.294. The molecular weight excluding hydrogens is 623 g/mol. The van der Waals surface area contributed by atoms with Crippen molar-refractivity contribution in [1.29, 1.82) is 0 Å². The van der Waals surface area contributed by atoms with Gasteiger partial charge in [-0.3, -0.25) is 4.79 Å². The van der Waals surface area contributed by atoms with Crippen LogP contribution in [0.25, 0.3) is 11.1 Å². The number of anilines is 2. The maximum atomic E-state index is 14.2. The van der Waals surface area contributed by atoms with Crippen LogP contribution in [0.5, 0.6) is 0 Å². The van der Waals surface area contributed by atoms with Crippen LogP contribution in [-0.4, -0.2) is 61.8 Å². The normalized spacial score (nSPS) is 16.8. The molecule has 244 valence electrons. The van der Waals surface area contributed by atoms with Gasteiger partial charge in [-0.15, -0.1) is 17.5 Å². The van der Waals surface area contributed by atoms with Crippen LogP contribution in [-0.2, 0) is 20.8 Å². The van der Waals surface area contributed by atoms with E-state index in [9.17, 15) is 35.8 Å². The average Bonchev–Trinajstić information content (AvgIpc) is 3.32. The van der Waals surface area contributed by atoms with E-state index in [1.165, 1.54) is 43.6 Å². The molecule has 1 fully saturated rings. The first-order valence-corrected chi connectivity index (χ1v) is 15.8. The number of hydrogen-bond acceptors (Lipinski definition) is 7. The van der Waals surface area contributed by atoms with Crippen molar-refractivity contribution < 1.29 is 40.5 Å². The highest BCUT2D eigenvalue weighted by Gasteiger charge is 2.35. The summed E-state index contributed by atoms with van der Waals surface area (Å²) in [5, 5.41) is 6.05. The van der Waals surface area contributed by atoms with Crippen LogP contribution >= 0.6 is 0 Å². The summed E-state index contributed by atoms with van der Waals surface area (Å²) in [7, 11) is -3.30. The van der Waals surface area contributed by atoms with E-state index >= 15 is 0 Å². The Labute approximate surface area is 257 Å². The Morgan fingerprint density at radius 3 is 2.47 bits per heavy atom. The van der Waals surface area contributed by atoms with E-state index in [1.54, 1.807) is 25.7 Å². The molecule has 3 aromatic rings. The molecule has 1 aliphatic rings. The second kappa shape index (κ2) is 12.4. The maximum absolute atomic E-state index is 14.2. The zero-order valence-corrected chi connectivity index (χ0v) is 26.1. The monoisotopic (exact) mass is 656 g/mol. The van der Waals surface area contributed by atoms with Crippen LogP contribution < -0.4 is 10.2 Å². The number of benzene rings is 1. The Balaban J connectivity index is 1.74. The fourth-order valence-corrected chi connectivity index (χ4v) is 5.85. The van der Waals surface area contributed by atoms with Gasteiger partial charge >= 0.3 is 12.4 Å². The van der Waals surface area contributed by atoms with Crippen LogP contribution in [0.1, 0.15) is 56.0 Å². The number of halogens is 5. The lowest BCUT2D eigenvalue weighted by molar-refractivity contribution is -0.212. The number of amides is 2. The molecule has 1 aliphatic heterocycles. The Kier molecular flexibility index (Phi) is 9.29. The topological polar surface area (TPSA) is 119 Å². The number of aromatic nitrogens is 3. The molecule has 0 aliphatic carbocycles. The van der Waals surface area contributed by atoms with Gasteiger partial charge in [0.2, 0.25) is 5.92 Å². The molecule has 0 spiro atoms. The molecule has 10 nitrogen and oxygen atoms in total. The number of alkyl halides is 5. The Morgan fingerprint density at radius 1 is 1.11 bits per heavy atom. The van der Waals surface area contributed by atoms with Gasteiger partial charge in [-0.1, -0.05) is 6.07 Å². The number of carbonyl (C=O) groups is 2. The van der Waals surface area contributed by atoms with Crippen molar-refractivity contribution in [2.45, 2.75) is 69.7 Å². The van der Waals surface area contributed by atoms with Gasteiger partial charge in [0.05, 0.1) is 21.5 Å². The predicted octanol–water partition coefficient (Wildman–Crippen LogP) is 7.00. The maximum Gasteiger partial charge on any atom is 0.504 e. The van der Waals surface area contributed by atoms with Crippen molar-refractivity contribution in [3.8, 4) is 11.1 Å². The first kappa shape index (κ1) is 33.8. The van der Waals surface area contributed by atoms with Crippen LogP contribution in [0, 0.1) is 6.92 Å². The van der Waals surface area contributed by atoms with Crippen LogP contribution in [0.4, 0.5) is 38.3 Å². The largest absolute Gasteiger partial charge is 0.504 e. The summed E-state index contributed by atoms with van der Waals surface area (Å²) in [5.74, 6) is -3.54. The fourth-order valence-electron chi connectivity index (χ4n) is 4.75. The molecular formula is C29H33F5N6O4S. The highest BCUT2D eigenvalue weighted by atomic mass is 32.2. The van der Waals surface area contributed by atoms with Crippen molar-refractivity contribution in [3.05, 3.63) is 54.0 Å². The number of nitrogens with zero attached hydrogens (tertiary/aromatic N) is 5. The number of pyridine rings is 1. The molecule has 1 aromatic carbocycles. The van der Waals surface area contributed by atoms with E-state index in [1.807, 2.05) is 0 Å². The summed E-state index contributed by atoms with van der Waals surface area (Å²) in [5.41, 5.74) is -0.282. The van der Waals surface area contributed by atoms with Crippen molar-refractivity contribution in [2.24, 2.45) is 4.36 Å². The Hall–Kier alpha value is -4.08. The lowest BCUT2D eigenvalue weighted by Gasteiger charge is -2.26. The molecule has 2 aromatic heterocycles. The smallest absolute Gasteiger partial charge is 0.442 e. The minimum atomic E-state index is -4.77. The number of ether oxygens (including phenoxy) is 1. The molecule has 0 radical (unpaired) electrons. The minimum Gasteiger partial charge on any atom is -0.442 e. The summed E-state index contributed by atoms with van der Waals surface area (Å²) in [6.45, 7) is 6.48. The molecule has 1 saturated heterocycles. The van der Waals surface area contributed by atoms with Crippen molar-refractivity contribution >= 4 is 33.2 Å². The molecule has 0 unspecified atom stereocenters. The standard InChI is InChI=1S/C29H33F5N6O4S/c1-18-22(19-15-36-40(17-19)29(32,33)34)16-35-24(39-12-7-10-28(30,31)11-13-39)23(18)25(41)37-20-8-6-9-21(14-20)45(5,43)38-26(42)44-27(2,3)4/h6,8-9,14-17H,7,10-13H2,1-5H3,(H,37,41)/t45-/m1/s1. The lowest BCUT2D eigenvalue weighted by Crippen LogP contribution is -2.30. The first-order chi connectivity index (χ1) is 20.8. The summed E-state index contributed by atoms with van der Waals surface area (Å²) >= 11 is 0. The third kappa shape index (κ3) is 8.35. The third-order valence-corrected chi connectivity index (χ3v) is 8.51. The van der Waals surface area contributed by atoms with Gasteiger partial charge in [0, 0.05) is 66.3 Å².